The van der Waals surface area contributed by atoms with Gasteiger partial charge in [-0.25, -0.2) is 0 Å². The third-order valence-corrected chi connectivity index (χ3v) is 15.5. The van der Waals surface area contributed by atoms with Crippen molar-refractivity contribution >= 4 is 21.8 Å². The van der Waals surface area contributed by atoms with Gasteiger partial charge in [0.1, 0.15) is 0 Å². The molecule has 0 saturated heterocycles. The van der Waals surface area contributed by atoms with Gasteiger partial charge in [0, 0.05) is 27.3 Å². The molecule has 64 heavy (non-hydrogen) atoms. The molecule has 1 aromatic heterocycles. The van der Waals surface area contributed by atoms with E-state index in [-0.39, 0.29) is 10.8 Å². The van der Waals surface area contributed by atoms with Crippen LogP contribution >= 0.6 is 0 Å². The number of nitrogens with zero attached hydrogens (tertiary/aromatic N) is 1. The monoisotopic (exact) mass is 821 g/mol. The first-order valence-corrected chi connectivity index (χ1v) is 23.1. The number of para-hydroxylation sites is 1. The molecule has 1 heterocycles. The zero-order valence-corrected chi connectivity index (χ0v) is 37.1. The second-order valence-electron chi connectivity index (χ2n) is 18.6. The molecule has 0 spiro atoms. The lowest BCUT2D eigenvalue weighted by atomic mass is 9.64. The molecule has 0 radical (unpaired) electrons. The van der Waals surface area contributed by atoms with Gasteiger partial charge in [0.15, 0.2) is 0 Å². The third-order valence-electron chi connectivity index (χ3n) is 15.5. The van der Waals surface area contributed by atoms with Gasteiger partial charge in [-0.15, -0.1) is 0 Å². The summed E-state index contributed by atoms with van der Waals surface area (Å²) in [5.41, 5.74) is 21.7. The molecule has 1 nitrogen and oxygen atoms in total. The maximum absolute atomic E-state index is 2.58. The minimum atomic E-state index is -0.498. The van der Waals surface area contributed by atoms with Gasteiger partial charge in [-0.1, -0.05) is 204 Å². The normalized spacial score (nSPS) is 14.3. The van der Waals surface area contributed by atoms with Crippen LogP contribution in [0.5, 0.6) is 0 Å². The summed E-state index contributed by atoms with van der Waals surface area (Å²) in [6, 6.07) is 80.2. The molecule has 0 atom stereocenters. The van der Waals surface area contributed by atoms with E-state index in [4.69, 9.17) is 0 Å². The lowest BCUT2D eigenvalue weighted by Gasteiger charge is -2.38. The maximum Gasteiger partial charge on any atom is 0.0701 e. The largest absolute Gasteiger partial charge is 0.309 e. The molecular formula is C63H51N. The van der Waals surface area contributed by atoms with E-state index in [1.165, 1.54) is 105 Å². The van der Waals surface area contributed by atoms with Crippen LogP contribution in [0.1, 0.15) is 85.0 Å². The average Bonchev–Trinajstić information content (AvgIpc) is 3.92. The van der Waals surface area contributed by atoms with E-state index in [9.17, 15) is 0 Å². The zero-order valence-electron chi connectivity index (χ0n) is 37.1. The van der Waals surface area contributed by atoms with Crippen LogP contribution in [0, 0.1) is 0 Å². The van der Waals surface area contributed by atoms with Crippen LogP contribution in [-0.2, 0) is 16.2 Å². The smallest absolute Gasteiger partial charge is 0.0701 e. The molecule has 0 N–H and O–H groups in total. The van der Waals surface area contributed by atoms with Crippen molar-refractivity contribution in [3.8, 4) is 39.1 Å². The molecule has 0 fully saturated rings. The highest BCUT2D eigenvalue weighted by Gasteiger charge is 2.44. The number of fused-ring (bicyclic) bond motifs is 9. The zero-order chi connectivity index (χ0) is 43.2. The minimum Gasteiger partial charge on any atom is -0.309 e. The third kappa shape index (κ3) is 5.31. The van der Waals surface area contributed by atoms with Crippen LogP contribution in [0.4, 0.5) is 0 Å². The molecule has 308 valence electrons. The summed E-state index contributed by atoms with van der Waals surface area (Å²) in [6.45, 7) is 9.51. The van der Waals surface area contributed by atoms with Gasteiger partial charge in [-0.05, 0) is 127 Å². The highest BCUT2D eigenvalue weighted by molar-refractivity contribution is 6.10. The maximum atomic E-state index is 2.58. The molecule has 2 aliphatic rings. The fourth-order valence-electron chi connectivity index (χ4n) is 12.2. The van der Waals surface area contributed by atoms with Crippen molar-refractivity contribution in [3.05, 3.63) is 257 Å². The molecule has 0 unspecified atom stereocenters. The van der Waals surface area contributed by atoms with Crippen molar-refractivity contribution < 1.29 is 0 Å². The molecule has 12 rings (SSSR count). The van der Waals surface area contributed by atoms with Gasteiger partial charge in [0.2, 0.25) is 0 Å². The van der Waals surface area contributed by atoms with E-state index >= 15 is 0 Å². The van der Waals surface area contributed by atoms with Gasteiger partial charge in [0.05, 0.1) is 16.4 Å². The van der Waals surface area contributed by atoms with Crippen LogP contribution in [0.3, 0.4) is 0 Å². The van der Waals surface area contributed by atoms with Crippen molar-refractivity contribution in [2.45, 2.75) is 56.8 Å². The molecule has 0 amide bonds. The van der Waals surface area contributed by atoms with Crippen LogP contribution in [-0.4, -0.2) is 4.57 Å². The van der Waals surface area contributed by atoms with Crippen LogP contribution in [0.15, 0.2) is 212 Å². The number of hydrogen-bond acceptors (Lipinski definition) is 0. The Labute approximate surface area is 377 Å². The Balaban J connectivity index is 0.994. The summed E-state index contributed by atoms with van der Waals surface area (Å²) in [4.78, 5) is 0. The summed E-state index contributed by atoms with van der Waals surface area (Å²) < 4.78 is 2.48. The molecule has 2 aliphatic carbocycles. The van der Waals surface area contributed by atoms with E-state index in [1.54, 1.807) is 0 Å². The summed E-state index contributed by atoms with van der Waals surface area (Å²) in [7, 11) is 0. The predicted molar refractivity (Wildman–Crippen MR) is 269 cm³/mol. The average molecular weight is 822 g/mol. The van der Waals surface area contributed by atoms with Gasteiger partial charge < -0.3 is 4.57 Å². The summed E-state index contributed by atoms with van der Waals surface area (Å²) in [5.74, 6) is 0. The molecule has 10 aromatic rings. The number of hydrogen-bond donors (Lipinski definition) is 0. The fourth-order valence-corrected chi connectivity index (χ4v) is 12.2. The fraction of sp³-hybridized carbons (Fsp3) is 0.143. The number of benzene rings is 9. The Morgan fingerprint density at radius 2 is 0.875 bits per heavy atom. The lowest BCUT2D eigenvalue weighted by molar-refractivity contribution is 0.489. The van der Waals surface area contributed by atoms with E-state index in [0.717, 1.165) is 12.8 Å². The predicted octanol–water partition coefficient (Wildman–Crippen LogP) is 16.2. The Bertz CT molecular complexity index is 3320. The second kappa shape index (κ2) is 14.4. The van der Waals surface area contributed by atoms with Gasteiger partial charge in [-0.2, -0.15) is 0 Å². The van der Waals surface area contributed by atoms with Crippen molar-refractivity contribution in [1.82, 2.24) is 4.57 Å². The first-order valence-electron chi connectivity index (χ1n) is 23.1. The van der Waals surface area contributed by atoms with Gasteiger partial charge in [-0.3, -0.25) is 0 Å². The molecule has 0 aliphatic heterocycles. The first kappa shape index (κ1) is 38.5. The van der Waals surface area contributed by atoms with Crippen molar-refractivity contribution in [1.29, 1.82) is 0 Å². The van der Waals surface area contributed by atoms with Crippen LogP contribution in [0.2, 0.25) is 0 Å². The first-order chi connectivity index (χ1) is 31.4. The molecule has 9 aromatic carbocycles. The second-order valence-corrected chi connectivity index (χ2v) is 18.6. The minimum absolute atomic E-state index is 0.0658. The standard InChI is InChI=1S/C63H51N/c1-5-62(6-2)57-39-43(30-34-51(57)52-35-32-47(40-58(52)62)63(44-20-10-7-11-21-44,45-22-12-8-13-23-45)46-24-14-9-15-25-46)42-31-37-60-54(38-42)53-27-17-19-29-59(53)64(60)48-33-36-50-49-26-16-18-28-55(49)61(3,4)56(50)41-48/h7-41H,5-6H2,1-4H3. The highest BCUT2D eigenvalue weighted by Crippen LogP contribution is 2.56. The SMILES string of the molecule is CCC1(CC)c2cc(-c3ccc4c(c3)c3ccccc3n4-c3ccc4c(c3)C(C)(C)c3ccccc3-4)ccc2-c2ccc(C(c3ccccc3)(c3ccccc3)c3ccccc3)cc21. The topological polar surface area (TPSA) is 4.93 Å². The summed E-state index contributed by atoms with van der Waals surface area (Å²) in [5, 5.41) is 2.56. The Morgan fingerprint density at radius 1 is 0.375 bits per heavy atom. The summed E-state index contributed by atoms with van der Waals surface area (Å²) in [6.07, 6.45) is 2.03. The Morgan fingerprint density at radius 3 is 1.55 bits per heavy atom. The van der Waals surface area contributed by atoms with Gasteiger partial charge in [0.25, 0.3) is 0 Å². The summed E-state index contributed by atoms with van der Waals surface area (Å²) >= 11 is 0. The van der Waals surface area contributed by atoms with Crippen LogP contribution < -0.4 is 0 Å². The van der Waals surface area contributed by atoms with Crippen LogP contribution in [0.25, 0.3) is 60.9 Å². The number of aromatic nitrogens is 1. The van der Waals surface area contributed by atoms with Gasteiger partial charge >= 0.3 is 0 Å². The quantitative estimate of drug-likeness (QED) is 0.135. The molecule has 0 bridgehead atoms. The van der Waals surface area contributed by atoms with Crippen molar-refractivity contribution in [3.63, 3.8) is 0 Å². The molecular weight excluding hydrogens is 771 g/mol. The number of rotatable bonds is 8. The molecule has 0 saturated carbocycles. The molecule has 1 heteroatoms. The van der Waals surface area contributed by atoms with E-state index in [2.05, 4.69) is 245 Å². The van der Waals surface area contributed by atoms with Crippen molar-refractivity contribution in [2.24, 2.45) is 0 Å². The highest BCUT2D eigenvalue weighted by atomic mass is 15.0. The van der Waals surface area contributed by atoms with E-state index in [1.807, 2.05) is 0 Å². The van der Waals surface area contributed by atoms with Crippen molar-refractivity contribution in [2.75, 3.05) is 0 Å². The van der Waals surface area contributed by atoms with E-state index in [0.29, 0.717) is 0 Å². The Hall–Kier alpha value is -7.22. The van der Waals surface area contributed by atoms with E-state index < -0.39 is 5.41 Å². The lowest BCUT2D eigenvalue weighted by Crippen LogP contribution is -2.32. The Kier molecular flexibility index (Phi) is 8.66.